The molecule has 3 aromatic rings. The average Bonchev–Trinajstić information content (AvgIpc) is 2.79. The Bertz CT molecular complexity index is 802. The Balaban J connectivity index is 2.21. The molecule has 0 aliphatic carbocycles. The molecule has 0 aliphatic heterocycles. The zero-order valence-corrected chi connectivity index (χ0v) is 12.9. The maximum absolute atomic E-state index is 4.45. The second-order valence-electron chi connectivity index (χ2n) is 5.35. The minimum Gasteiger partial charge on any atom is -0.262 e. The van der Waals surface area contributed by atoms with Crippen molar-refractivity contribution < 1.29 is 9.13 Å². The molecule has 3 rings (SSSR count). The minimum atomic E-state index is 1.03. The highest BCUT2D eigenvalue weighted by Gasteiger charge is 2.23. The van der Waals surface area contributed by atoms with Gasteiger partial charge in [-0.05, 0) is 25.1 Å². The Hall–Kier alpha value is -2.49. The molecular formula is C17H20N4+2. The predicted octanol–water partition coefficient (Wildman–Crippen LogP) is 1.71. The third-order valence-electron chi connectivity index (χ3n) is 3.81. The maximum atomic E-state index is 4.45. The Morgan fingerprint density at radius 2 is 1.67 bits per heavy atom. The largest absolute Gasteiger partial charge is 0.277 e. The van der Waals surface area contributed by atoms with E-state index < -0.39 is 0 Å². The molecule has 0 unspecified atom stereocenters. The third kappa shape index (κ3) is 2.33. The summed E-state index contributed by atoms with van der Waals surface area (Å²) in [6.45, 7) is 2.02. The number of nitrogens with zero attached hydrogens (tertiary/aromatic N) is 4. The summed E-state index contributed by atoms with van der Waals surface area (Å²) in [7, 11) is 6.15. The Labute approximate surface area is 124 Å². The van der Waals surface area contributed by atoms with Gasteiger partial charge in [0.1, 0.15) is 19.8 Å². The van der Waals surface area contributed by atoms with E-state index in [0.717, 1.165) is 17.1 Å². The van der Waals surface area contributed by atoms with E-state index in [1.165, 1.54) is 11.4 Å². The lowest BCUT2D eigenvalue weighted by atomic mass is 10.1. The van der Waals surface area contributed by atoms with Gasteiger partial charge >= 0.3 is 0 Å². The van der Waals surface area contributed by atoms with E-state index in [-0.39, 0.29) is 0 Å². The molecule has 0 aliphatic rings. The van der Waals surface area contributed by atoms with Crippen LogP contribution in [0.2, 0.25) is 0 Å². The van der Waals surface area contributed by atoms with Gasteiger partial charge < -0.3 is 0 Å². The van der Waals surface area contributed by atoms with Crippen molar-refractivity contribution in [3.63, 3.8) is 0 Å². The molecule has 4 nitrogen and oxygen atoms in total. The Morgan fingerprint density at radius 3 is 2.33 bits per heavy atom. The van der Waals surface area contributed by atoms with Crippen LogP contribution in [0.1, 0.15) is 5.69 Å². The van der Waals surface area contributed by atoms with Crippen molar-refractivity contribution in [3.8, 4) is 22.8 Å². The smallest absolute Gasteiger partial charge is 0.262 e. The second kappa shape index (κ2) is 5.13. The molecule has 0 saturated carbocycles. The summed E-state index contributed by atoms with van der Waals surface area (Å²) in [5.41, 5.74) is 5.66. The fourth-order valence-corrected chi connectivity index (χ4v) is 2.74. The molecule has 0 atom stereocenters. The molecule has 4 heteroatoms. The zero-order chi connectivity index (χ0) is 15.0. The molecule has 21 heavy (non-hydrogen) atoms. The highest BCUT2D eigenvalue weighted by Crippen LogP contribution is 2.19. The molecule has 0 radical (unpaired) electrons. The zero-order valence-electron chi connectivity index (χ0n) is 12.9. The van der Waals surface area contributed by atoms with Gasteiger partial charge in [-0.15, -0.1) is 0 Å². The monoisotopic (exact) mass is 280 g/mol. The van der Waals surface area contributed by atoms with Gasteiger partial charge in [-0.1, -0.05) is 0 Å². The first-order chi connectivity index (χ1) is 10.1. The van der Waals surface area contributed by atoms with Gasteiger partial charge in [0.25, 0.3) is 11.4 Å². The van der Waals surface area contributed by atoms with Crippen LogP contribution in [0.5, 0.6) is 0 Å². The number of aryl methyl sites for hydroxylation is 3. The summed E-state index contributed by atoms with van der Waals surface area (Å²) >= 11 is 0. The SMILES string of the molecule is Cc1cc(-c2cccc(-c3cccc[n+]3C)[n+]2C)n(C)n1. The van der Waals surface area contributed by atoms with E-state index in [9.17, 15) is 0 Å². The summed E-state index contributed by atoms with van der Waals surface area (Å²) in [4.78, 5) is 0. The predicted molar refractivity (Wildman–Crippen MR) is 81.2 cm³/mol. The summed E-state index contributed by atoms with van der Waals surface area (Å²) < 4.78 is 6.28. The lowest BCUT2D eigenvalue weighted by molar-refractivity contribution is -0.685. The van der Waals surface area contributed by atoms with Crippen LogP contribution in [0, 0.1) is 6.92 Å². The van der Waals surface area contributed by atoms with E-state index in [1.54, 1.807) is 0 Å². The van der Waals surface area contributed by atoms with Crippen LogP contribution in [0.25, 0.3) is 22.8 Å². The molecule has 0 amide bonds. The van der Waals surface area contributed by atoms with Crippen LogP contribution in [-0.2, 0) is 21.1 Å². The quantitative estimate of drug-likeness (QED) is 0.656. The van der Waals surface area contributed by atoms with Gasteiger partial charge in [0, 0.05) is 31.3 Å². The second-order valence-corrected chi connectivity index (χ2v) is 5.35. The van der Waals surface area contributed by atoms with E-state index in [4.69, 9.17) is 0 Å². The average molecular weight is 280 g/mol. The molecule has 0 spiro atoms. The van der Waals surface area contributed by atoms with Gasteiger partial charge in [-0.3, -0.25) is 4.68 Å². The molecule has 0 fully saturated rings. The summed E-state index contributed by atoms with van der Waals surface area (Å²) in [6, 6.07) is 14.7. The first-order valence-electron chi connectivity index (χ1n) is 7.03. The summed E-state index contributed by atoms with van der Waals surface area (Å²) in [5.74, 6) is 0. The minimum absolute atomic E-state index is 1.03. The molecule has 0 aromatic carbocycles. The fraction of sp³-hybridized carbons (Fsp3) is 0.235. The van der Waals surface area contributed by atoms with Crippen LogP contribution in [0.3, 0.4) is 0 Å². The molecule has 0 bridgehead atoms. The first kappa shape index (κ1) is 13.5. The molecule has 3 aromatic heterocycles. The van der Waals surface area contributed by atoms with E-state index in [2.05, 4.69) is 70.9 Å². The molecule has 106 valence electrons. The number of aromatic nitrogens is 4. The highest BCUT2D eigenvalue weighted by molar-refractivity contribution is 5.55. The van der Waals surface area contributed by atoms with Crippen molar-refractivity contribution in [2.45, 2.75) is 6.92 Å². The van der Waals surface area contributed by atoms with Gasteiger partial charge in [0.2, 0.25) is 5.69 Å². The molecular weight excluding hydrogens is 260 g/mol. The lowest BCUT2D eigenvalue weighted by Gasteiger charge is -2.04. The topological polar surface area (TPSA) is 25.6 Å². The van der Waals surface area contributed by atoms with Gasteiger partial charge in [-0.25, -0.2) is 0 Å². The van der Waals surface area contributed by atoms with E-state index in [0.29, 0.717) is 0 Å². The van der Waals surface area contributed by atoms with Gasteiger partial charge in [0.05, 0.1) is 5.69 Å². The van der Waals surface area contributed by atoms with Crippen LogP contribution < -0.4 is 9.13 Å². The number of pyridine rings is 2. The van der Waals surface area contributed by atoms with Crippen LogP contribution in [0.15, 0.2) is 48.7 Å². The molecule has 0 N–H and O–H groups in total. The van der Waals surface area contributed by atoms with Gasteiger partial charge in [-0.2, -0.15) is 14.2 Å². The number of hydrogen-bond donors (Lipinski definition) is 0. The fourth-order valence-electron chi connectivity index (χ4n) is 2.74. The summed E-state index contributed by atoms with van der Waals surface area (Å²) in [6.07, 6.45) is 2.07. The Kier molecular flexibility index (Phi) is 3.29. The van der Waals surface area contributed by atoms with E-state index in [1.807, 2.05) is 24.7 Å². The van der Waals surface area contributed by atoms with Crippen LogP contribution in [-0.4, -0.2) is 9.78 Å². The van der Waals surface area contributed by atoms with Crippen LogP contribution in [0.4, 0.5) is 0 Å². The van der Waals surface area contributed by atoms with E-state index >= 15 is 0 Å². The lowest BCUT2D eigenvalue weighted by Crippen LogP contribution is -2.40. The van der Waals surface area contributed by atoms with Crippen LogP contribution >= 0.6 is 0 Å². The normalized spacial score (nSPS) is 10.9. The van der Waals surface area contributed by atoms with Crippen molar-refractivity contribution in [3.05, 3.63) is 54.4 Å². The summed E-state index contributed by atoms with van der Waals surface area (Å²) in [5, 5.41) is 4.45. The Morgan fingerprint density at radius 1 is 0.952 bits per heavy atom. The van der Waals surface area contributed by atoms with Crippen molar-refractivity contribution in [2.24, 2.45) is 21.1 Å². The molecule has 3 heterocycles. The van der Waals surface area contributed by atoms with Crippen molar-refractivity contribution in [2.75, 3.05) is 0 Å². The first-order valence-corrected chi connectivity index (χ1v) is 7.03. The molecule has 0 saturated heterocycles. The van der Waals surface area contributed by atoms with Crippen molar-refractivity contribution >= 4 is 0 Å². The van der Waals surface area contributed by atoms with Gasteiger partial charge in [0.15, 0.2) is 6.20 Å². The number of rotatable bonds is 2. The highest BCUT2D eigenvalue weighted by atomic mass is 15.3. The van der Waals surface area contributed by atoms with Crippen molar-refractivity contribution in [1.82, 2.24) is 9.78 Å². The maximum Gasteiger partial charge on any atom is 0.277 e. The standard InChI is InChI=1S/C17H20N4/c1-13-12-17(21(4)18-13)16-10-7-9-15(20(16)3)14-8-5-6-11-19(14)2/h5-12H,1-4H3/q+2. The third-order valence-corrected chi connectivity index (χ3v) is 3.81. The number of hydrogen-bond acceptors (Lipinski definition) is 1. The van der Waals surface area contributed by atoms with Crippen molar-refractivity contribution in [1.29, 1.82) is 0 Å².